The molecule has 0 radical (unpaired) electrons. The van der Waals surface area contributed by atoms with E-state index in [-0.39, 0.29) is 18.9 Å². The van der Waals surface area contributed by atoms with Crippen molar-refractivity contribution in [3.05, 3.63) is 129 Å². The van der Waals surface area contributed by atoms with E-state index >= 15 is 0 Å². The van der Waals surface area contributed by atoms with Crippen LogP contribution in [0.2, 0.25) is 0 Å². The topological polar surface area (TPSA) is 82.7 Å². The first-order chi connectivity index (χ1) is 22.2. The number of anilines is 1. The number of aromatic amines is 1. The second-order valence-corrected chi connectivity index (χ2v) is 14.6. The first-order valence-electron chi connectivity index (χ1n) is 15.6. The van der Waals surface area contributed by atoms with Gasteiger partial charge in [-0.05, 0) is 82.6 Å². The lowest BCUT2D eigenvalue weighted by atomic mass is 9.96. The van der Waals surface area contributed by atoms with Gasteiger partial charge in [-0.25, -0.2) is 8.42 Å². The van der Waals surface area contributed by atoms with Gasteiger partial charge in [0.25, 0.3) is 0 Å². The molecule has 0 spiro atoms. The number of halogens is 1. The van der Waals surface area contributed by atoms with Gasteiger partial charge in [-0.15, -0.1) is 0 Å². The van der Waals surface area contributed by atoms with Crippen LogP contribution in [0, 0.1) is 0 Å². The Morgan fingerprint density at radius 2 is 1.57 bits per heavy atom. The Hall–Kier alpha value is -3.92. The van der Waals surface area contributed by atoms with Gasteiger partial charge in [-0.1, -0.05) is 66.7 Å². The maximum Gasteiger partial charge on any atom is 0.232 e. The van der Waals surface area contributed by atoms with Crippen LogP contribution in [0.1, 0.15) is 45.6 Å². The van der Waals surface area contributed by atoms with E-state index in [9.17, 15) is 13.2 Å². The van der Waals surface area contributed by atoms with Crippen molar-refractivity contribution in [1.82, 2.24) is 9.88 Å². The highest BCUT2D eigenvalue weighted by atomic mass is 79.9. The van der Waals surface area contributed by atoms with Gasteiger partial charge >= 0.3 is 0 Å². The smallest absolute Gasteiger partial charge is 0.232 e. The maximum atomic E-state index is 13.7. The van der Waals surface area contributed by atoms with Crippen molar-refractivity contribution in [3.63, 3.8) is 0 Å². The fourth-order valence-corrected chi connectivity index (χ4v) is 7.60. The minimum Gasteiger partial charge on any atom is -0.492 e. The molecule has 0 atom stereocenters. The van der Waals surface area contributed by atoms with Crippen molar-refractivity contribution < 1.29 is 17.9 Å². The van der Waals surface area contributed by atoms with Crippen LogP contribution in [0.3, 0.4) is 0 Å². The van der Waals surface area contributed by atoms with E-state index in [2.05, 4.69) is 37.9 Å². The number of hydrogen-bond donors (Lipinski definition) is 1. The Balaban J connectivity index is 1.18. The summed E-state index contributed by atoms with van der Waals surface area (Å²) in [4.78, 5) is 19.4. The molecule has 238 valence electrons. The average Bonchev–Trinajstić information content (AvgIpc) is 3.42. The molecule has 0 amide bonds. The minimum atomic E-state index is -3.64. The summed E-state index contributed by atoms with van der Waals surface area (Å²) < 4.78 is 33.9. The van der Waals surface area contributed by atoms with Crippen molar-refractivity contribution in [2.75, 3.05) is 30.3 Å². The fraction of sp³-hybridized carbons (Fsp3) is 0.270. The molecule has 1 heterocycles. The number of Topliss-reactive ketones (excluding diaryl/α,β-unsaturated/α-hetero) is 1. The van der Waals surface area contributed by atoms with Crippen LogP contribution in [-0.4, -0.2) is 50.0 Å². The number of aryl methyl sites for hydroxylation is 2. The van der Waals surface area contributed by atoms with Crippen molar-refractivity contribution in [2.45, 2.75) is 38.8 Å². The lowest BCUT2D eigenvalue weighted by molar-refractivity contribution is 0.0912. The molecular formula is C37H38BrN3O4S. The van der Waals surface area contributed by atoms with Crippen LogP contribution < -0.4 is 9.04 Å². The van der Waals surface area contributed by atoms with E-state index in [1.807, 2.05) is 66.7 Å². The third-order valence-corrected chi connectivity index (χ3v) is 10.3. The van der Waals surface area contributed by atoms with Gasteiger partial charge in [0.1, 0.15) is 12.4 Å². The van der Waals surface area contributed by atoms with Gasteiger partial charge in [-0.2, -0.15) is 0 Å². The molecular weight excluding hydrogens is 662 g/mol. The Morgan fingerprint density at radius 1 is 0.870 bits per heavy atom. The summed E-state index contributed by atoms with van der Waals surface area (Å²) >= 11 is 3.52. The predicted molar refractivity (Wildman–Crippen MR) is 188 cm³/mol. The molecule has 7 nitrogen and oxygen atoms in total. The molecule has 46 heavy (non-hydrogen) atoms. The van der Waals surface area contributed by atoms with Gasteiger partial charge in [0.2, 0.25) is 10.0 Å². The molecule has 1 aromatic heterocycles. The summed E-state index contributed by atoms with van der Waals surface area (Å²) in [7, 11) is -3.64. The number of carbonyl (C=O) groups is 1. The van der Waals surface area contributed by atoms with Gasteiger partial charge in [0, 0.05) is 45.8 Å². The molecule has 1 aliphatic carbocycles. The van der Waals surface area contributed by atoms with Gasteiger partial charge in [-0.3, -0.25) is 14.0 Å². The Morgan fingerprint density at radius 3 is 2.28 bits per heavy atom. The first-order valence-corrected chi connectivity index (χ1v) is 18.3. The van der Waals surface area contributed by atoms with Gasteiger partial charge in [0.15, 0.2) is 5.78 Å². The number of ketones is 1. The number of rotatable bonds is 13. The second-order valence-electron chi connectivity index (χ2n) is 11.9. The number of nitrogens with zero attached hydrogens (tertiary/aromatic N) is 2. The fourth-order valence-electron chi connectivity index (χ4n) is 6.13. The standard InChI is InChI=1S/C37H38BrN3O4S/c1-46(43,44)41(25-28-12-6-3-7-13-28)36-22-29(16-19-33(36)38)37(42)26-40(24-27-10-4-2-5-11-27)20-21-45-30-17-18-32-31-14-8-9-15-34(31)39-35(32)23-30/h2-7,10-13,16-19,22-23,39H,8-9,14-15,20-21,24-26H2,1H3. The number of nitrogens with one attached hydrogen (secondary N) is 1. The number of aromatic nitrogens is 1. The minimum absolute atomic E-state index is 0.101. The number of benzene rings is 4. The summed E-state index contributed by atoms with van der Waals surface area (Å²) in [5, 5.41) is 1.28. The van der Waals surface area contributed by atoms with Crippen molar-refractivity contribution in [3.8, 4) is 5.75 Å². The molecule has 0 unspecified atom stereocenters. The van der Waals surface area contributed by atoms with E-state index in [4.69, 9.17) is 4.74 Å². The molecule has 9 heteroatoms. The zero-order chi connectivity index (χ0) is 32.1. The molecule has 5 aromatic rings. The summed E-state index contributed by atoms with van der Waals surface area (Å²) in [5.41, 5.74) is 6.72. The number of carbonyl (C=O) groups excluding carboxylic acids is 1. The van der Waals surface area contributed by atoms with E-state index < -0.39 is 10.0 Å². The highest BCUT2D eigenvalue weighted by Gasteiger charge is 2.23. The molecule has 1 N–H and O–H groups in total. The third kappa shape index (κ3) is 7.71. The van der Waals surface area contributed by atoms with Crippen LogP contribution in [0.15, 0.2) is 102 Å². The third-order valence-electron chi connectivity index (χ3n) is 8.47. The van der Waals surface area contributed by atoms with E-state index in [1.165, 1.54) is 40.0 Å². The molecule has 6 rings (SSSR count). The van der Waals surface area contributed by atoms with Crippen LogP contribution >= 0.6 is 15.9 Å². The lowest BCUT2D eigenvalue weighted by Crippen LogP contribution is -2.33. The summed E-state index contributed by atoms with van der Waals surface area (Å²) in [6.07, 6.45) is 5.86. The normalized spacial score (nSPS) is 13.1. The Labute approximate surface area is 279 Å². The first kappa shape index (κ1) is 32.0. The summed E-state index contributed by atoms with van der Waals surface area (Å²) in [6, 6.07) is 30.9. The summed E-state index contributed by atoms with van der Waals surface area (Å²) in [6.45, 7) is 1.83. The quantitative estimate of drug-likeness (QED) is 0.128. The average molecular weight is 701 g/mol. The molecule has 4 aromatic carbocycles. The predicted octanol–water partition coefficient (Wildman–Crippen LogP) is 7.54. The Kier molecular flexibility index (Phi) is 9.92. The Bertz CT molecular complexity index is 1930. The van der Waals surface area contributed by atoms with Crippen molar-refractivity contribution >= 4 is 48.3 Å². The van der Waals surface area contributed by atoms with Crippen LogP contribution in [0.4, 0.5) is 5.69 Å². The number of hydrogen-bond acceptors (Lipinski definition) is 5. The molecule has 0 saturated carbocycles. The van der Waals surface area contributed by atoms with Crippen LogP contribution in [-0.2, 0) is 36.0 Å². The zero-order valence-electron chi connectivity index (χ0n) is 25.9. The number of ether oxygens (including phenoxy) is 1. The molecule has 0 bridgehead atoms. The van der Waals surface area contributed by atoms with Crippen LogP contribution in [0.25, 0.3) is 10.9 Å². The van der Waals surface area contributed by atoms with Crippen molar-refractivity contribution in [1.29, 1.82) is 0 Å². The molecule has 0 fully saturated rings. The van der Waals surface area contributed by atoms with E-state index in [0.717, 1.165) is 35.2 Å². The second kappa shape index (κ2) is 14.2. The maximum absolute atomic E-state index is 13.7. The van der Waals surface area contributed by atoms with Gasteiger partial charge in [0.05, 0.1) is 25.0 Å². The number of H-pyrrole nitrogens is 1. The zero-order valence-corrected chi connectivity index (χ0v) is 28.3. The largest absolute Gasteiger partial charge is 0.492 e. The SMILES string of the molecule is CS(=O)(=O)N(Cc1ccccc1)c1cc(C(=O)CN(CCOc2ccc3c4c([nH]c3c2)CCCC4)Cc2ccccc2)ccc1Br. The number of fused-ring (bicyclic) bond motifs is 3. The number of sulfonamides is 1. The van der Waals surface area contributed by atoms with Crippen LogP contribution in [0.5, 0.6) is 5.75 Å². The molecule has 0 aliphatic heterocycles. The molecule has 1 aliphatic rings. The highest BCUT2D eigenvalue weighted by Crippen LogP contribution is 2.32. The van der Waals surface area contributed by atoms with E-state index in [1.54, 1.807) is 18.2 Å². The molecule has 0 saturated heterocycles. The highest BCUT2D eigenvalue weighted by molar-refractivity contribution is 9.10. The van der Waals surface area contributed by atoms with Crippen molar-refractivity contribution in [2.24, 2.45) is 0 Å². The van der Waals surface area contributed by atoms with Gasteiger partial charge < -0.3 is 9.72 Å². The summed E-state index contributed by atoms with van der Waals surface area (Å²) in [5.74, 6) is 0.699. The monoisotopic (exact) mass is 699 g/mol. The lowest BCUT2D eigenvalue weighted by Gasteiger charge is -2.25. The van der Waals surface area contributed by atoms with E-state index in [0.29, 0.717) is 35.4 Å².